The average Bonchev–Trinajstić information content (AvgIpc) is 2.86. The van der Waals surface area contributed by atoms with Crippen molar-refractivity contribution in [3.63, 3.8) is 0 Å². The molecule has 1 aliphatic rings. The Morgan fingerprint density at radius 2 is 2.14 bits per heavy atom. The molecular weight excluding hydrogens is 190 g/mol. The van der Waals surface area contributed by atoms with E-state index >= 15 is 0 Å². The van der Waals surface area contributed by atoms with Crippen molar-refractivity contribution < 1.29 is 24.5 Å². The summed E-state index contributed by atoms with van der Waals surface area (Å²) >= 11 is 0. The SMILES string of the molecule is O=C(O)CC[C@H](NCC1CO1)C(=O)O. The number of carboxylic acids is 2. The zero-order valence-corrected chi connectivity index (χ0v) is 7.60. The van der Waals surface area contributed by atoms with Crippen LogP contribution < -0.4 is 5.32 Å². The van der Waals surface area contributed by atoms with E-state index in [9.17, 15) is 9.59 Å². The molecule has 14 heavy (non-hydrogen) atoms. The van der Waals surface area contributed by atoms with Crippen molar-refractivity contribution >= 4 is 11.9 Å². The lowest BCUT2D eigenvalue weighted by molar-refractivity contribution is -0.140. The first-order chi connectivity index (χ1) is 6.59. The second-order valence-electron chi connectivity index (χ2n) is 3.19. The molecule has 0 aromatic rings. The van der Waals surface area contributed by atoms with Gasteiger partial charge in [0.05, 0.1) is 12.7 Å². The molecule has 2 atom stereocenters. The summed E-state index contributed by atoms with van der Waals surface area (Å²) in [5.74, 6) is -2.01. The van der Waals surface area contributed by atoms with E-state index in [-0.39, 0.29) is 18.9 Å². The van der Waals surface area contributed by atoms with Gasteiger partial charge in [-0.1, -0.05) is 0 Å². The molecule has 0 spiro atoms. The first kappa shape index (κ1) is 10.9. The number of carbonyl (C=O) groups is 2. The number of nitrogens with one attached hydrogen (secondary N) is 1. The van der Waals surface area contributed by atoms with Crippen LogP contribution in [0, 0.1) is 0 Å². The topological polar surface area (TPSA) is 99.2 Å². The monoisotopic (exact) mass is 203 g/mol. The van der Waals surface area contributed by atoms with Crippen molar-refractivity contribution in [2.45, 2.75) is 25.0 Å². The summed E-state index contributed by atoms with van der Waals surface area (Å²) in [6, 6.07) is -0.796. The van der Waals surface area contributed by atoms with Gasteiger partial charge in [-0.3, -0.25) is 9.59 Å². The second kappa shape index (κ2) is 4.92. The lowest BCUT2D eigenvalue weighted by Gasteiger charge is -2.11. The maximum Gasteiger partial charge on any atom is 0.320 e. The lowest BCUT2D eigenvalue weighted by atomic mass is 10.1. The molecule has 0 aromatic heterocycles. The zero-order valence-electron chi connectivity index (χ0n) is 7.60. The maximum atomic E-state index is 10.6. The number of hydrogen-bond donors (Lipinski definition) is 3. The molecule has 1 rings (SSSR count). The Morgan fingerprint density at radius 1 is 1.50 bits per heavy atom. The summed E-state index contributed by atoms with van der Waals surface area (Å²) in [7, 11) is 0. The fourth-order valence-electron chi connectivity index (χ4n) is 1.04. The molecule has 80 valence electrons. The fourth-order valence-corrected chi connectivity index (χ4v) is 1.04. The molecule has 0 saturated carbocycles. The van der Waals surface area contributed by atoms with Crippen molar-refractivity contribution in [1.82, 2.24) is 5.32 Å². The Balaban J connectivity index is 2.22. The molecule has 0 aliphatic carbocycles. The van der Waals surface area contributed by atoms with Gasteiger partial charge in [0.1, 0.15) is 6.04 Å². The van der Waals surface area contributed by atoms with E-state index in [2.05, 4.69) is 5.32 Å². The summed E-state index contributed by atoms with van der Waals surface area (Å²) in [5, 5.41) is 19.9. The highest BCUT2D eigenvalue weighted by Gasteiger charge is 2.25. The summed E-state index contributed by atoms with van der Waals surface area (Å²) in [4.78, 5) is 20.9. The van der Waals surface area contributed by atoms with Crippen molar-refractivity contribution in [2.75, 3.05) is 13.2 Å². The molecule has 1 saturated heterocycles. The molecule has 6 nitrogen and oxygen atoms in total. The molecular formula is C8H13NO5. The van der Waals surface area contributed by atoms with Crippen LogP contribution in [0.3, 0.4) is 0 Å². The van der Waals surface area contributed by atoms with Crippen LogP contribution in [0.4, 0.5) is 0 Å². The van der Waals surface area contributed by atoms with E-state index in [4.69, 9.17) is 14.9 Å². The summed E-state index contributed by atoms with van der Waals surface area (Å²) in [6.07, 6.45) is 0.0500. The van der Waals surface area contributed by atoms with E-state index in [0.717, 1.165) is 0 Å². The summed E-state index contributed by atoms with van der Waals surface area (Å²) < 4.78 is 4.89. The van der Waals surface area contributed by atoms with Gasteiger partial charge < -0.3 is 20.3 Å². The van der Waals surface area contributed by atoms with Crippen LogP contribution in [0.2, 0.25) is 0 Å². The third-order valence-electron chi connectivity index (χ3n) is 1.94. The van der Waals surface area contributed by atoms with Crippen molar-refractivity contribution in [1.29, 1.82) is 0 Å². The Labute approximate surface area is 80.9 Å². The van der Waals surface area contributed by atoms with Crippen molar-refractivity contribution in [2.24, 2.45) is 0 Å². The predicted molar refractivity (Wildman–Crippen MR) is 46.0 cm³/mol. The third-order valence-corrected chi connectivity index (χ3v) is 1.94. The minimum absolute atomic E-state index is 0.0946. The van der Waals surface area contributed by atoms with Gasteiger partial charge in [0, 0.05) is 13.0 Å². The maximum absolute atomic E-state index is 10.6. The van der Waals surface area contributed by atoms with Gasteiger partial charge in [-0.2, -0.15) is 0 Å². The smallest absolute Gasteiger partial charge is 0.320 e. The van der Waals surface area contributed by atoms with Gasteiger partial charge in [0.2, 0.25) is 0 Å². The van der Waals surface area contributed by atoms with Gasteiger partial charge in [0.15, 0.2) is 0 Å². The molecule has 1 aliphatic heterocycles. The quantitative estimate of drug-likeness (QED) is 0.473. The molecule has 1 unspecified atom stereocenters. The fraction of sp³-hybridized carbons (Fsp3) is 0.750. The summed E-state index contributed by atoms with van der Waals surface area (Å²) in [6.45, 7) is 1.12. The Kier molecular flexibility index (Phi) is 3.84. The van der Waals surface area contributed by atoms with Gasteiger partial charge in [-0.25, -0.2) is 0 Å². The zero-order chi connectivity index (χ0) is 10.6. The van der Waals surface area contributed by atoms with E-state index < -0.39 is 18.0 Å². The highest BCUT2D eigenvalue weighted by atomic mass is 16.6. The van der Waals surface area contributed by atoms with Gasteiger partial charge in [0.25, 0.3) is 0 Å². The van der Waals surface area contributed by atoms with Crippen LogP contribution in [0.1, 0.15) is 12.8 Å². The molecule has 6 heteroatoms. The number of carboxylic acid groups (broad SMARTS) is 2. The van der Waals surface area contributed by atoms with Gasteiger partial charge >= 0.3 is 11.9 Å². The number of hydrogen-bond acceptors (Lipinski definition) is 4. The minimum atomic E-state index is -1.02. The first-order valence-electron chi connectivity index (χ1n) is 4.39. The predicted octanol–water partition coefficient (Wildman–Crippen LogP) is -0.707. The average molecular weight is 203 g/mol. The first-order valence-corrected chi connectivity index (χ1v) is 4.39. The Bertz CT molecular complexity index is 226. The van der Waals surface area contributed by atoms with Crippen LogP contribution in [0.15, 0.2) is 0 Å². The van der Waals surface area contributed by atoms with Crippen LogP contribution in [0.25, 0.3) is 0 Å². The number of aliphatic carboxylic acids is 2. The van der Waals surface area contributed by atoms with E-state index in [1.165, 1.54) is 0 Å². The number of ether oxygens (including phenoxy) is 1. The molecule has 0 bridgehead atoms. The standard InChI is InChI=1S/C8H13NO5/c10-7(11)2-1-6(8(12)13)9-3-5-4-14-5/h5-6,9H,1-4H2,(H,10,11)(H,12,13)/t5?,6-/m0/s1. The third kappa shape index (κ3) is 4.20. The van der Waals surface area contributed by atoms with E-state index in [0.29, 0.717) is 13.2 Å². The number of epoxide rings is 1. The highest BCUT2D eigenvalue weighted by molar-refractivity contribution is 5.75. The molecule has 1 fully saturated rings. The van der Waals surface area contributed by atoms with E-state index in [1.807, 2.05) is 0 Å². The largest absolute Gasteiger partial charge is 0.481 e. The van der Waals surface area contributed by atoms with Gasteiger partial charge in [-0.05, 0) is 6.42 Å². The second-order valence-corrected chi connectivity index (χ2v) is 3.19. The van der Waals surface area contributed by atoms with Crippen LogP contribution in [-0.4, -0.2) is 47.4 Å². The Hall–Kier alpha value is -1.14. The van der Waals surface area contributed by atoms with Crippen LogP contribution >= 0.6 is 0 Å². The molecule has 0 radical (unpaired) electrons. The Morgan fingerprint density at radius 3 is 2.57 bits per heavy atom. The normalized spacial score (nSPS) is 21.6. The van der Waals surface area contributed by atoms with Crippen LogP contribution in [-0.2, 0) is 14.3 Å². The number of rotatable bonds is 7. The molecule has 1 heterocycles. The van der Waals surface area contributed by atoms with Crippen molar-refractivity contribution in [3.05, 3.63) is 0 Å². The summed E-state index contributed by atoms with van der Waals surface area (Å²) in [5.41, 5.74) is 0. The molecule has 0 amide bonds. The van der Waals surface area contributed by atoms with E-state index in [1.54, 1.807) is 0 Å². The van der Waals surface area contributed by atoms with Crippen LogP contribution in [0.5, 0.6) is 0 Å². The van der Waals surface area contributed by atoms with Gasteiger partial charge in [-0.15, -0.1) is 0 Å². The molecule has 3 N–H and O–H groups in total. The van der Waals surface area contributed by atoms with Crippen molar-refractivity contribution in [3.8, 4) is 0 Å². The highest BCUT2D eigenvalue weighted by Crippen LogP contribution is 2.07. The lowest BCUT2D eigenvalue weighted by Crippen LogP contribution is -2.39. The molecule has 0 aromatic carbocycles. The minimum Gasteiger partial charge on any atom is -0.481 e.